The summed E-state index contributed by atoms with van der Waals surface area (Å²) < 4.78 is 5.72. The predicted molar refractivity (Wildman–Crippen MR) is 75.8 cm³/mol. The van der Waals surface area contributed by atoms with Crippen molar-refractivity contribution in [2.45, 2.75) is 57.7 Å². The van der Waals surface area contributed by atoms with Gasteiger partial charge < -0.3 is 4.74 Å². The first-order valence-electron chi connectivity index (χ1n) is 7.62. The highest BCUT2D eigenvalue weighted by molar-refractivity contribution is 5.17. The lowest BCUT2D eigenvalue weighted by Crippen LogP contribution is -2.58. The van der Waals surface area contributed by atoms with E-state index in [0.717, 1.165) is 32.7 Å². The first kappa shape index (κ1) is 14.8. The second-order valence-corrected chi connectivity index (χ2v) is 6.29. The zero-order valence-corrected chi connectivity index (χ0v) is 12.5. The Morgan fingerprint density at radius 2 is 2.21 bits per heavy atom. The molecule has 2 fully saturated rings. The quantitative estimate of drug-likeness (QED) is 0.795. The van der Waals surface area contributed by atoms with Crippen LogP contribution in [0.4, 0.5) is 0 Å². The minimum Gasteiger partial charge on any atom is -0.376 e. The number of nitrogens with zero attached hydrogens (tertiary/aromatic N) is 2. The first-order valence-corrected chi connectivity index (χ1v) is 7.62. The molecule has 0 aromatic rings. The van der Waals surface area contributed by atoms with Crippen molar-refractivity contribution in [2.24, 2.45) is 5.92 Å². The average Bonchev–Trinajstić information content (AvgIpc) is 3.22. The van der Waals surface area contributed by atoms with Crippen molar-refractivity contribution in [1.29, 1.82) is 5.26 Å². The number of ether oxygens (including phenoxy) is 1. The molecular weight excluding hydrogens is 238 g/mol. The van der Waals surface area contributed by atoms with Gasteiger partial charge in [-0.05, 0) is 39.0 Å². The standard InChI is InChI=1S/C15H27N3O/c1-4-14-9-18(7-8-19-14)11-15(10-16,13-5-6-13)17-12(2)3/h12-14,17H,4-9,11H2,1-3H3. The fourth-order valence-electron chi connectivity index (χ4n) is 3.07. The summed E-state index contributed by atoms with van der Waals surface area (Å²) in [6.45, 7) is 9.97. The van der Waals surface area contributed by atoms with E-state index in [1.165, 1.54) is 12.8 Å². The molecule has 2 unspecified atom stereocenters. The van der Waals surface area contributed by atoms with Crippen molar-refractivity contribution in [3.63, 3.8) is 0 Å². The molecule has 2 rings (SSSR count). The van der Waals surface area contributed by atoms with Crippen LogP contribution >= 0.6 is 0 Å². The second-order valence-electron chi connectivity index (χ2n) is 6.29. The average molecular weight is 265 g/mol. The number of hydrogen-bond donors (Lipinski definition) is 1. The Hall–Kier alpha value is -0.630. The van der Waals surface area contributed by atoms with Gasteiger partial charge in [-0.2, -0.15) is 5.26 Å². The summed E-state index contributed by atoms with van der Waals surface area (Å²) in [6, 6.07) is 2.95. The molecule has 1 N–H and O–H groups in total. The van der Waals surface area contributed by atoms with Crippen molar-refractivity contribution < 1.29 is 4.74 Å². The molecule has 2 aliphatic rings. The molecule has 0 aromatic heterocycles. The third kappa shape index (κ3) is 3.68. The van der Waals surface area contributed by atoms with Crippen LogP contribution in [0.1, 0.15) is 40.0 Å². The highest BCUT2D eigenvalue weighted by Gasteiger charge is 2.47. The molecule has 0 spiro atoms. The van der Waals surface area contributed by atoms with Gasteiger partial charge in [0.1, 0.15) is 5.54 Å². The lowest BCUT2D eigenvalue weighted by molar-refractivity contribution is -0.0364. The Balaban J connectivity index is 2.01. The van der Waals surface area contributed by atoms with Gasteiger partial charge in [-0.1, -0.05) is 6.92 Å². The minimum absolute atomic E-state index is 0.336. The van der Waals surface area contributed by atoms with Gasteiger partial charge in [-0.15, -0.1) is 0 Å². The highest BCUT2D eigenvalue weighted by Crippen LogP contribution is 2.40. The Morgan fingerprint density at radius 3 is 2.74 bits per heavy atom. The van der Waals surface area contributed by atoms with E-state index >= 15 is 0 Å². The van der Waals surface area contributed by atoms with Crippen LogP contribution in [0.15, 0.2) is 0 Å². The summed E-state index contributed by atoms with van der Waals surface area (Å²) in [5.74, 6) is 0.530. The number of nitrogens with one attached hydrogen (secondary N) is 1. The van der Waals surface area contributed by atoms with Crippen LogP contribution in [0.3, 0.4) is 0 Å². The topological polar surface area (TPSA) is 48.3 Å². The Bertz CT molecular complexity index is 335. The van der Waals surface area contributed by atoms with Crippen LogP contribution in [0.2, 0.25) is 0 Å². The molecule has 2 atom stereocenters. The van der Waals surface area contributed by atoms with Gasteiger partial charge in [0.15, 0.2) is 0 Å². The Kier molecular flexibility index (Phi) is 4.83. The second kappa shape index (κ2) is 6.21. The van der Waals surface area contributed by atoms with Crippen molar-refractivity contribution in [2.75, 3.05) is 26.2 Å². The Morgan fingerprint density at radius 1 is 1.47 bits per heavy atom. The largest absolute Gasteiger partial charge is 0.376 e. The van der Waals surface area contributed by atoms with Crippen LogP contribution < -0.4 is 5.32 Å². The molecule has 1 saturated heterocycles. The third-order valence-corrected chi connectivity index (χ3v) is 4.17. The van der Waals surface area contributed by atoms with E-state index in [1.807, 2.05) is 0 Å². The van der Waals surface area contributed by atoms with Gasteiger partial charge in [0.05, 0.1) is 18.8 Å². The smallest absolute Gasteiger partial charge is 0.122 e. The number of hydrogen-bond acceptors (Lipinski definition) is 4. The van der Waals surface area contributed by atoms with Crippen LogP contribution in [0.5, 0.6) is 0 Å². The summed E-state index contributed by atoms with van der Waals surface area (Å²) in [6.07, 6.45) is 3.77. The first-order chi connectivity index (χ1) is 9.09. The summed E-state index contributed by atoms with van der Waals surface area (Å²) in [4.78, 5) is 2.41. The molecule has 1 aliphatic heterocycles. The van der Waals surface area contributed by atoms with E-state index in [9.17, 15) is 5.26 Å². The summed E-state index contributed by atoms with van der Waals surface area (Å²) in [5.41, 5.74) is -0.357. The molecule has 19 heavy (non-hydrogen) atoms. The number of morpholine rings is 1. The summed E-state index contributed by atoms with van der Waals surface area (Å²) in [5, 5.41) is 13.3. The molecule has 0 radical (unpaired) electrons. The minimum atomic E-state index is -0.357. The fraction of sp³-hybridized carbons (Fsp3) is 0.933. The zero-order chi connectivity index (χ0) is 13.9. The van der Waals surface area contributed by atoms with Crippen molar-refractivity contribution in [1.82, 2.24) is 10.2 Å². The van der Waals surface area contributed by atoms with Crippen LogP contribution in [0, 0.1) is 17.2 Å². The lowest BCUT2D eigenvalue weighted by Gasteiger charge is -2.39. The fourth-order valence-corrected chi connectivity index (χ4v) is 3.07. The predicted octanol–water partition coefficient (Wildman–Crippen LogP) is 1.77. The van der Waals surface area contributed by atoms with E-state index < -0.39 is 0 Å². The molecule has 1 aliphatic carbocycles. The molecule has 4 nitrogen and oxygen atoms in total. The van der Waals surface area contributed by atoms with E-state index in [0.29, 0.717) is 18.1 Å². The monoisotopic (exact) mass is 265 g/mol. The molecule has 1 heterocycles. The summed E-state index contributed by atoms with van der Waals surface area (Å²) >= 11 is 0. The van der Waals surface area contributed by atoms with Crippen LogP contribution in [-0.2, 0) is 4.74 Å². The lowest BCUT2D eigenvalue weighted by atomic mass is 9.92. The van der Waals surface area contributed by atoms with Gasteiger partial charge in [0.2, 0.25) is 0 Å². The third-order valence-electron chi connectivity index (χ3n) is 4.17. The molecule has 108 valence electrons. The van der Waals surface area contributed by atoms with Gasteiger partial charge in [0.25, 0.3) is 0 Å². The number of nitriles is 1. The van der Waals surface area contributed by atoms with E-state index in [4.69, 9.17) is 4.74 Å². The van der Waals surface area contributed by atoms with E-state index in [2.05, 4.69) is 37.1 Å². The molecular formula is C15H27N3O. The van der Waals surface area contributed by atoms with E-state index in [1.54, 1.807) is 0 Å². The molecule has 0 bridgehead atoms. The maximum absolute atomic E-state index is 9.72. The summed E-state index contributed by atoms with van der Waals surface area (Å²) in [7, 11) is 0. The number of rotatable bonds is 6. The highest BCUT2D eigenvalue weighted by atomic mass is 16.5. The molecule has 0 amide bonds. The molecule has 1 saturated carbocycles. The van der Waals surface area contributed by atoms with Crippen molar-refractivity contribution in [3.05, 3.63) is 0 Å². The Labute approximate surface area is 117 Å². The molecule has 4 heteroatoms. The SMILES string of the molecule is CCC1CN(CC(C#N)(NC(C)C)C2CC2)CCO1. The maximum atomic E-state index is 9.72. The molecule has 0 aromatic carbocycles. The van der Waals surface area contributed by atoms with Gasteiger partial charge in [0, 0.05) is 25.7 Å². The van der Waals surface area contributed by atoms with Crippen LogP contribution in [-0.4, -0.2) is 48.8 Å². The van der Waals surface area contributed by atoms with Gasteiger partial charge in [-0.25, -0.2) is 0 Å². The van der Waals surface area contributed by atoms with Crippen LogP contribution in [0.25, 0.3) is 0 Å². The normalized spacial score (nSPS) is 28.1. The van der Waals surface area contributed by atoms with Crippen molar-refractivity contribution >= 4 is 0 Å². The van der Waals surface area contributed by atoms with Crippen molar-refractivity contribution in [3.8, 4) is 6.07 Å². The van der Waals surface area contributed by atoms with Gasteiger partial charge in [-0.3, -0.25) is 10.2 Å². The van der Waals surface area contributed by atoms with E-state index in [-0.39, 0.29) is 5.54 Å². The van der Waals surface area contributed by atoms with Gasteiger partial charge >= 0.3 is 0 Å². The maximum Gasteiger partial charge on any atom is 0.122 e. The zero-order valence-electron chi connectivity index (χ0n) is 12.5.